The lowest BCUT2D eigenvalue weighted by molar-refractivity contribution is -0.121. The molecule has 1 saturated heterocycles. The molecule has 1 atom stereocenters. The smallest absolute Gasteiger partial charge is 0.230 e. The van der Waals surface area contributed by atoms with Gasteiger partial charge in [-0.05, 0) is 48.0 Å². The van der Waals surface area contributed by atoms with Crippen LogP contribution in [-0.2, 0) is 17.8 Å². The molecule has 0 radical (unpaired) electrons. The summed E-state index contributed by atoms with van der Waals surface area (Å²) in [4.78, 5) is 15.0. The van der Waals surface area contributed by atoms with Gasteiger partial charge in [-0.25, -0.2) is 4.68 Å². The first-order valence-corrected chi connectivity index (χ1v) is 9.39. The molecule has 3 aromatic rings. The van der Waals surface area contributed by atoms with Crippen LogP contribution >= 0.6 is 0 Å². The number of nitrogens with one attached hydrogen (secondary N) is 1. The van der Waals surface area contributed by atoms with Crippen molar-refractivity contribution in [3.05, 3.63) is 42.4 Å². The van der Waals surface area contributed by atoms with Gasteiger partial charge in [0.1, 0.15) is 6.33 Å². The van der Waals surface area contributed by atoms with Crippen molar-refractivity contribution in [3.8, 4) is 5.69 Å². The Bertz CT molecular complexity index is 923. The molecule has 10 heteroatoms. The lowest BCUT2D eigenvalue weighted by atomic mass is 9.97. The van der Waals surface area contributed by atoms with Gasteiger partial charge >= 0.3 is 0 Å². The molecule has 0 bridgehead atoms. The number of carbonyl (C=O) groups excluding carboxylic acids is 1. The topological polar surface area (TPSA) is 115 Å². The van der Waals surface area contributed by atoms with Crippen molar-refractivity contribution in [2.24, 2.45) is 5.92 Å². The Morgan fingerprint density at radius 3 is 3.00 bits per heavy atom. The third-order valence-corrected chi connectivity index (χ3v) is 4.77. The maximum Gasteiger partial charge on any atom is 0.230 e. The number of aromatic nitrogens is 6. The lowest BCUT2D eigenvalue weighted by Crippen LogP contribution is -2.40. The fourth-order valence-corrected chi connectivity index (χ4v) is 3.35. The van der Waals surface area contributed by atoms with Crippen molar-refractivity contribution in [1.29, 1.82) is 0 Å². The molecular weight excluding hydrogens is 360 g/mol. The van der Waals surface area contributed by atoms with Crippen molar-refractivity contribution in [3.63, 3.8) is 0 Å². The molecule has 0 saturated carbocycles. The highest BCUT2D eigenvalue weighted by Gasteiger charge is 2.27. The van der Waals surface area contributed by atoms with Crippen LogP contribution in [-0.4, -0.2) is 54.3 Å². The van der Waals surface area contributed by atoms with E-state index in [-0.39, 0.29) is 11.8 Å². The van der Waals surface area contributed by atoms with E-state index in [1.807, 2.05) is 31.2 Å². The first kappa shape index (κ1) is 18.2. The van der Waals surface area contributed by atoms with E-state index < -0.39 is 0 Å². The Labute approximate surface area is 161 Å². The molecule has 2 aromatic heterocycles. The quantitative estimate of drug-likeness (QED) is 0.681. The molecule has 1 aliphatic heterocycles. The molecular formula is C18H22N8O2. The van der Waals surface area contributed by atoms with E-state index in [9.17, 15) is 4.79 Å². The lowest BCUT2D eigenvalue weighted by Gasteiger charge is -2.30. The maximum atomic E-state index is 12.8. The van der Waals surface area contributed by atoms with Crippen LogP contribution in [0.3, 0.4) is 0 Å². The number of piperidine rings is 1. The van der Waals surface area contributed by atoms with Crippen LogP contribution in [0.1, 0.15) is 31.5 Å². The number of hydrogen-bond acceptors (Lipinski definition) is 8. The molecule has 0 spiro atoms. The van der Waals surface area contributed by atoms with E-state index >= 15 is 0 Å². The van der Waals surface area contributed by atoms with Crippen molar-refractivity contribution >= 4 is 11.6 Å². The Hall–Kier alpha value is -3.14. The van der Waals surface area contributed by atoms with Crippen LogP contribution in [0, 0.1) is 5.92 Å². The number of anilines is 1. The first-order chi connectivity index (χ1) is 13.7. The molecule has 4 rings (SSSR count). The number of carbonyl (C=O) groups is 1. The van der Waals surface area contributed by atoms with Gasteiger partial charge in [0.15, 0.2) is 0 Å². The first-order valence-electron chi connectivity index (χ1n) is 9.39. The minimum atomic E-state index is -0.0843. The van der Waals surface area contributed by atoms with Gasteiger partial charge in [-0.2, -0.15) is 0 Å². The minimum absolute atomic E-state index is 0.0124. The van der Waals surface area contributed by atoms with Crippen molar-refractivity contribution in [2.45, 2.75) is 32.7 Å². The number of tetrazole rings is 1. The van der Waals surface area contributed by atoms with Crippen LogP contribution in [0.25, 0.3) is 5.69 Å². The van der Waals surface area contributed by atoms with Gasteiger partial charge in [0.25, 0.3) is 0 Å². The molecule has 0 unspecified atom stereocenters. The second kappa shape index (κ2) is 8.26. The molecule has 1 aliphatic rings. The largest absolute Gasteiger partial charge is 0.424 e. The maximum absolute atomic E-state index is 12.8. The number of benzene rings is 1. The zero-order valence-corrected chi connectivity index (χ0v) is 15.7. The van der Waals surface area contributed by atoms with E-state index in [1.165, 1.54) is 6.33 Å². The molecule has 1 N–H and O–H groups in total. The standard InChI is InChI=1S/C18H22N8O2/c1-2-16-21-22-17(28-16)11-25-8-4-5-13(10-25)18(27)20-14-6-3-7-15(9-14)26-12-19-23-24-26/h3,6-7,9,12-13H,2,4-5,8,10-11H2,1H3,(H,20,27)/t13-/m1/s1. The number of hydrogen-bond donors (Lipinski definition) is 1. The van der Waals surface area contributed by atoms with E-state index in [1.54, 1.807) is 4.68 Å². The number of likely N-dealkylation sites (tertiary alicyclic amines) is 1. The molecule has 3 heterocycles. The normalized spacial score (nSPS) is 17.5. The molecule has 0 aliphatic carbocycles. The Morgan fingerprint density at radius 1 is 1.32 bits per heavy atom. The van der Waals surface area contributed by atoms with Crippen LogP contribution < -0.4 is 5.32 Å². The predicted octanol–water partition coefficient (Wildman–Crippen LogP) is 1.46. The summed E-state index contributed by atoms with van der Waals surface area (Å²) in [6, 6.07) is 7.45. The summed E-state index contributed by atoms with van der Waals surface area (Å²) in [6.07, 6.45) is 4.06. The van der Waals surface area contributed by atoms with Crippen LogP contribution in [0.4, 0.5) is 5.69 Å². The molecule has 10 nitrogen and oxygen atoms in total. The third-order valence-electron chi connectivity index (χ3n) is 4.77. The zero-order chi connectivity index (χ0) is 19.3. The van der Waals surface area contributed by atoms with Crippen molar-refractivity contribution in [2.75, 3.05) is 18.4 Å². The number of rotatable bonds is 6. The predicted molar refractivity (Wildman–Crippen MR) is 99.5 cm³/mol. The zero-order valence-electron chi connectivity index (χ0n) is 15.7. The van der Waals surface area contributed by atoms with Gasteiger partial charge in [0, 0.05) is 18.7 Å². The molecule has 1 fully saturated rings. The van der Waals surface area contributed by atoms with Gasteiger partial charge in [0.2, 0.25) is 17.7 Å². The summed E-state index contributed by atoms with van der Waals surface area (Å²) in [6.45, 7) is 4.14. The minimum Gasteiger partial charge on any atom is -0.424 e. The van der Waals surface area contributed by atoms with Gasteiger partial charge in [-0.1, -0.05) is 13.0 Å². The number of amides is 1. The summed E-state index contributed by atoms with van der Waals surface area (Å²) in [5, 5.41) is 22.2. The summed E-state index contributed by atoms with van der Waals surface area (Å²) < 4.78 is 7.14. The van der Waals surface area contributed by atoms with Crippen LogP contribution in [0.2, 0.25) is 0 Å². The van der Waals surface area contributed by atoms with E-state index in [2.05, 4.69) is 35.9 Å². The van der Waals surface area contributed by atoms with E-state index in [0.717, 1.165) is 37.2 Å². The molecule has 28 heavy (non-hydrogen) atoms. The average Bonchev–Trinajstić information content (AvgIpc) is 3.40. The fraction of sp³-hybridized carbons (Fsp3) is 0.444. The summed E-state index contributed by atoms with van der Waals surface area (Å²) in [5.74, 6) is 1.17. The second-order valence-corrected chi connectivity index (χ2v) is 6.81. The number of nitrogens with zero attached hydrogens (tertiary/aromatic N) is 7. The summed E-state index contributed by atoms with van der Waals surface area (Å²) in [5.41, 5.74) is 1.51. The monoisotopic (exact) mass is 382 g/mol. The fourth-order valence-electron chi connectivity index (χ4n) is 3.35. The highest BCUT2D eigenvalue weighted by Crippen LogP contribution is 2.21. The highest BCUT2D eigenvalue weighted by atomic mass is 16.4. The van der Waals surface area contributed by atoms with Crippen LogP contribution in [0.5, 0.6) is 0 Å². The van der Waals surface area contributed by atoms with E-state index in [0.29, 0.717) is 24.9 Å². The average molecular weight is 382 g/mol. The molecule has 1 amide bonds. The SMILES string of the molecule is CCc1nnc(CN2CCC[C@@H](C(=O)Nc3cccc(-n4cnnn4)c3)C2)o1. The van der Waals surface area contributed by atoms with Crippen molar-refractivity contribution in [1.82, 2.24) is 35.3 Å². The summed E-state index contributed by atoms with van der Waals surface area (Å²) in [7, 11) is 0. The van der Waals surface area contributed by atoms with Gasteiger partial charge in [-0.15, -0.1) is 15.3 Å². The molecule has 1 aromatic carbocycles. The van der Waals surface area contributed by atoms with Crippen LogP contribution in [0.15, 0.2) is 35.0 Å². The third kappa shape index (κ3) is 4.22. The van der Waals surface area contributed by atoms with Gasteiger partial charge in [-0.3, -0.25) is 9.69 Å². The van der Waals surface area contributed by atoms with E-state index in [4.69, 9.17) is 4.42 Å². The van der Waals surface area contributed by atoms with Gasteiger partial charge in [0.05, 0.1) is 18.2 Å². The Morgan fingerprint density at radius 2 is 2.21 bits per heavy atom. The Kier molecular flexibility index (Phi) is 5.38. The molecule has 146 valence electrons. The highest BCUT2D eigenvalue weighted by molar-refractivity contribution is 5.93. The Balaban J connectivity index is 1.37. The second-order valence-electron chi connectivity index (χ2n) is 6.81. The summed E-state index contributed by atoms with van der Waals surface area (Å²) >= 11 is 0. The van der Waals surface area contributed by atoms with Crippen molar-refractivity contribution < 1.29 is 9.21 Å². The number of aryl methyl sites for hydroxylation is 1. The van der Waals surface area contributed by atoms with Gasteiger partial charge < -0.3 is 9.73 Å².